The molecule has 5 nitrogen and oxygen atoms in total. The van der Waals surface area contributed by atoms with Crippen LogP contribution in [0.15, 0.2) is 30.3 Å². The van der Waals surface area contributed by atoms with E-state index in [1.165, 1.54) is 11.3 Å². The average molecular weight is 337 g/mol. The molecule has 1 amide bonds. The van der Waals surface area contributed by atoms with Crippen molar-refractivity contribution in [3.63, 3.8) is 0 Å². The first-order valence-electron chi connectivity index (χ1n) is 8.73. The van der Waals surface area contributed by atoms with Gasteiger partial charge in [-0.1, -0.05) is 18.2 Å². The van der Waals surface area contributed by atoms with Gasteiger partial charge in [-0.25, -0.2) is 4.79 Å². The monoisotopic (exact) mass is 337 g/mol. The van der Waals surface area contributed by atoms with Gasteiger partial charge >= 0.3 is 6.09 Å². The molecule has 2 aliphatic heterocycles. The molecule has 2 aromatic carbocycles. The average Bonchev–Trinajstić information content (AvgIpc) is 3.18. The van der Waals surface area contributed by atoms with Crippen LogP contribution >= 0.6 is 0 Å². The van der Waals surface area contributed by atoms with Crippen molar-refractivity contribution >= 4 is 17.5 Å². The zero-order valence-electron chi connectivity index (χ0n) is 14.8. The van der Waals surface area contributed by atoms with Crippen molar-refractivity contribution in [1.29, 1.82) is 0 Å². The molecule has 1 fully saturated rings. The van der Waals surface area contributed by atoms with Gasteiger partial charge in [0.1, 0.15) is 5.75 Å². The number of rotatable bonds is 2. The molecule has 0 saturated carbocycles. The number of carbonyl (C=O) groups is 1. The fourth-order valence-electron chi connectivity index (χ4n) is 4.03. The third kappa shape index (κ3) is 2.65. The van der Waals surface area contributed by atoms with Crippen LogP contribution in [0.3, 0.4) is 0 Å². The van der Waals surface area contributed by atoms with Gasteiger partial charge in [-0.05, 0) is 68.1 Å². The first-order valence-corrected chi connectivity index (χ1v) is 8.73. The highest BCUT2D eigenvalue weighted by Crippen LogP contribution is 2.48. The summed E-state index contributed by atoms with van der Waals surface area (Å²) in [6, 6.07) is 9.35. The number of hydrogen-bond donors (Lipinski definition) is 3. The SMILES string of the molecule is Cc1c(C)c(OC(=O)Nc2ccccc2)c(C)c2c1NC1NCCC21. The van der Waals surface area contributed by atoms with E-state index >= 15 is 0 Å². The predicted octanol–water partition coefficient (Wildman–Crippen LogP) is 4.05. The van der Waals surface area contributed by atoms with Gasteiger partial charge in [0.25, 0.3) is 0 Å². The Kier molecular flexibility index (Phi) is 3.88. The van der Waals surface area contributed by atoms with Gasteiger partial charge in [-0.2, -0.15) is 0 Å². The van der Waals surface area contributed by atoms with Crippen LogP contribution in [0.4, 0.5) is 16.2 Å². The molecular weight excluding hydrogens is 314 g/mol. The number of carbonyl (C=O) groups excluding carboxylic acids is 1. The third-order valence-corrected chi connectivity index (χ3v) is 5.40. The van der Waals surface area contributed by atoms with Gasteiger partial charge < -0.3 is 10.1 Å². The van der Waals surface area contributed by atoms with Crippen molar-refractivity contribution in [2.75, 3.05) is 17.2 Å². The van der Waals surface area contributed by atoms with Gasteiger partial charge in [-0.15, -0.1) is 0 Å². The molecule has 2 aliphatic rings. The molecule has 25 heavy (non-hydrogen) atoms. The Morgan fingerprint density at radius 2 is 1.88 bits per heavy atom. The maximum atomic E-state index is 12.4. The molecule has 0 bridgehead atoms. The third-order valence-electron chi connectivity index (χ3n) is 5.40. The summed E-state index contributed by atoms with van der Waals surface area (Å²) in [6.45, 7) is 7.16. The van der Waals surface area contributed by atoms with E-state index in [9.17, 15) is 4.79 Å². The van der Waals surface area contributed by atoms with Gasteiger partial charge in [0.15, 0.2) is 0 Å². The number of ether oxygens (including phenoxy) is 1. The molecule has 1 saturated heterocycles. The Balaban J connectivity index is 1.65. The molecule has 2 unspecified atom stereocenters. The summed E-state index contributed by atoms with van der Waals surface area (Å²) in [7, 11) is 0. The molecule has 5 heteroatoms. The lowest BCUT2D eigenvalue weighted by Gasteiger charge is -2.19. The Labute approximate surface area is 147 Å². The highest BCUT2D eigenvalue weighted by molar-refractivity contribution is 5.87. The predicted molar refractivity (Wildman–Crippen MR) is 99.5 cm³/mol. The maximum Gasteiger partial charge on any atom is 0.417 e. The van der Waals surface area contributed by atoms with Crippen LogP contribution in [0.25, 0.3) is 0 Å². The van der Waals surface area contributed by atoms with Gasteiger partial charge in [-0.3, -0.25) is 10.6 Å². The Hall–Kier alpha value is -2.53. The van der Waals surface area contributed by atoms with Gasteiger partial charge in [0.05, 0.1) is 6.17 Å². The zero-order chi connectivity index (χ0) is 17.6. The summed E-state index contributed by atoms with van der Waals surface area (Å²) in [5, 5.41) is 9.89. The van der Waals surface area contributed by atoms with Crippen LogP contribution in [-0.4, -0.2) is 18.8 Å². The minimum absolute atomic E-state index is 0.292. The minimum Gasteiger partial charge on any atom is -0.410 e. The van der Waals surface area contributed by atoms with E-state index in [-0.39, 0.29) is 0 Å². The minimum atomic E-state index is -0.455. The second-order valence-corrected chi connectivity index (χ2v) is 6.84. The number of hydrogen-bond acceptors (Lipinski definition) is 4. The van der Waals surface area contributed by atoms with Crippen molar-refractivity contribution in [3.8, 4) is 5.75 Å². The van der Waals surface area contributed by atoms with E-state index in [2.05, 4.69) is 29.8 Å². The fraction of sp³-hybridized carbons (Fsp3) is 0.350. The number of fused-ring (bicyclic) bond motifs is 3. The second-order valence-electron chi connectivity index (χ2n) is 6.84. The number of nitrogens with one attached hydrogen (secondary N) is 3. The molecule has 0 radical (unpaired) electrons. The molecule has 0 aliphatic carbocycles. The molecule has 2 aromatic rings. The summed E-state index contributed by atoms with van der Waals surface area (Å²) >= 11 is 0. The molecule has 2 heterocycles. The van der Waals surface area contributed by atoms with E-state index in [1.807, 2.05) is 37.3 Å². The number of amides is 1. The summed E-state index contributed by atoms with van der Waals surface area (Å²) in [5.74, 6) is 1.12. The summed E-state index contributed by atoms with van der Waals surface area (Å²) in [5.41, 5.74) is 6.44. The maximum absolute atomic E-state index is 12.4. The van der Waals surface area contributed by atoms with Gasteiger partial charge in [0, 0.05) is 17.3 Å². The summed E-state index contributed by atoms with van der Waals surface area (Å²) in [4.78, 5) is 12.4. The second kappa shape index (κ2) is 6.08. The first-order chi connectivity index (χ1) is 12.1. The lowest BCUT2D eigenvalue weighted by molar-refractivity contribution is 0.214. The largest absolute Gasteiger partial charge is 0.417 e. The number of para-hydroxylation sites is 1. The summed E-state index contributed by atoms with van der Waals surface area (Å²) in [6.07, 6.45) is 0.938. The quantitative estimate of drug-likeness (QED) is 0.773. The smallest absolute Gasteiger partial charge is 0.410 e. The zero-order valence-corrected chi connectivity index (χ0v) is 14.8. The molecule has 3 N–H and O–H groups in total. The Bertz CT molecular complexity index is 833. The van der Waals surface area contributed by atoms with Crippen molar-refractivity contribution < 1.29 is 9.53 Å². The molecule has 0 spiro atoms. The van der Waals surface area contributed by atoms with Crippen molar-refractivity contribution in [1.82, 2.24) is 5.32 Å². The van der Waals surface area contributed by atoms with E-state index in [0.29, 0.717) is 17.8 Å². The van der Waals surface area contributed by atoms with Crippen molar-refractivity contribution in [2.45, 2.75) is 39.3 Å². The molecular formula is C20H23N3O2. The van der Waals surface area contributed by atoms with E-state index in [0.717, 1.165) is 35.3 Å². The highest BCUT2D eigenvalue weighted by atomic mass is 16.6. The number of benzene rings is 2. The van der Waals surface area contributed by atoms with E-state index in [4.69, 9.17) is 4.74 Å². The van der Waals surface area contributed by atoms with Crippen LogP contribution in [0, 0.1) is 20.8 Å². The Morgan fingerprint density at radius 1 is 1.12 bits per heavy atom. The van der Waals surface area contributed by atoms with E-state index < -0.39 is 6.09 Å². The topological polar surface area (TPSA) is 62.4 Å². The standard InChI is InChI=1S/C20H23N3O2/c1-11-12(2)18(25-20(24)22-14-7-5-4-6-8-14)13(3)16-15-9-10-21-19(15)23-17(11)16/h4-8,15,19,21,23H,9-10H2,1-3H3,(H,22,24). The molecule has 0 aromatic heterocycles. The van der Waals surface area contributed by atoms with Crippen LogP contribution in [0.5, 0.6) is 5.75 Å². The first kappa shape index (κ1) is 16.0. The Morgan fingerprint density at radius 3 is 2.64 bits per heavy atom. The van der Waals surface area contributed by atoms with Crippen LogP contribution in [-0.2, 0) is 0 Å². The normalized spacial score (nSPS) is 20.6. The van der Waals surface area contributed by atoms with E-state index in [1.54, 1.807) is 0 Å². The van der Waals surface area contributed by atoms with Crippen LogP contribution in [0.1, 0.15) is 34.6 Å². The number of anilines is 2. The van der Waals surface area contributed by atoms with Crippen LogP contribution in [0.2, 0.25) is 0 Å². The van der Waals surface area contributed by atoms with Crippen molar-refractivity contribution in [3.05, 3.63) is 52.6 Å². The molecule has 4 rings (SSSR count). The lowest BCUT2D eigenvalue weighted by Crippen LogP contribution is -2.29. The molecule has 2 atom stereocenters. The van der Waals surface area contributed by atoms with Gasteiger partial charge in [0.2, 0.25) is 0 Å². The lowest BCUT2D eigenvalue weighted by atomic mass is 9.89. The van der Waals surface area contributed by atoms with Crippen molar-refractivity contribution in [2.24, 2.45) is 0 Å². The fourth-order valence-corrected chi connectivity index (χ4v) is 4.03. The molecule has 130 valence electrons. The van der Waals surface area contributed by atoms with Crippen LogP contribution < -0.4 is 20.7 Å². The highest BCUT2D eigenvalue weighted by Gasteiger charge is 2.39. The summed E-state index contributed by atoms with van der Waals surface area (Å²) < 4.78 is 5.74.